The summed E-state index contributed by atoms with van der Waals surface area (Å²) in [5, 5.41) is 2.81. The minimum absolute atomic E-state index is 0.278. The first-order chi connectivity index (χ1) is 15.6. The molecular weight excluding hydrogens is 406 g/mol. The number of benzene rings is 2. The van der Waals surface area contributed by atoms with E-state index in [0.29, 0.717) is 23.6 Å². The third-order valence-corrected chi connectivity index (χ3v) is 4.66. The summed E-state index contributed by atoms with van der Waals surface area (Å²) in [6.07, 6.45) is 6.95. The molecule has 160 valence electrons. The van der Waals surface area contributed by atoms with E-state index in [9.17, 15) is 9.59 Å². The molecule has 0 fully saturated rings. The fourth-order valence-corrected chi connectivity index (χ4v) is 3.08. The van der Waals surface area contributed by atoms with E-state index in [1.807, 2.05) is 47.1 Å². The molecule has 0 saturated carbocycles. The number of esters is 1. The SMILES string of the molecule is COC(=O)c1ccc(C=CC(=O)Nc2cccc(OCc3cn4ccccc4n3)c2)cc1. The van der Waals surface area contributed by atoms with Gasteiger partial charge in [0.15, 0.2) is 0 Å². The fourth-order valence-electron chi connectivity index (χ4n) is 3.08. The van der Waals surface area contributed by atoms with Crippen LogP contribution in [0.1, 0.15) is 21.6 Å². The molecule has 0 unspecified atom stereocenters. The molecule has 0 bridgehead atoms. The number of nitrogens with zero attached hydrogens (tertiary/aromatic N) is 2. The van der Waals surface area contributed by atoms with Crippen LogP contribution in [-0.2, 0) is 16.1 Å². The molecule has 2 heterocycles. The number of imidazole rings is 1. The van der Waals surface area contributed by atoms with Gasteiger partial charge in [-0.05, 0) is 48.0 Å². The van der Waals surface area contributed by atoms with E-state index in [-0.39, 0.29) is 5.91 Å². The number of aromatic nitrogens is 2. The molecule has 1 N–H and O–H groups in total. The molecule has 0 aliphatic heterocycles. The molecule has 7 nitrogen and oxygen atoms in total. The van der Waals surface area contributed by atoms with E-state index in [1.54, 1.807) is 42.5 Å². The van der Waals surface area contributed by atoms with Crippen molar-refractivity contribution in [3.63, 3.8) is 0 Å². The number of carbonyl (C=O) groups excluding carboxylic acids is 2. The van der Waals surface area contributed by atoms with E-state index in [4.69, 9.17) is 4.74 Å². The summed E-state index contributed by atoms with van der Waals surface area (Å²) in [4.78, 5) is 28.2. The van der Waals surface area contributed by atoms with Gasteiger partial charge in [0.05, 0.1) is 18.4 Å². The molecular formula is C25H21N3O4. The maximum Gasteiger partial charge on any atom is 0.337 e. The van der Waals surface area contributed by atoms with Crippen molar-refractivity contribution in [1.82, 2.24) is 9.38 Å². The maximum absolute atomic E-state index is 12.3. The lowest BCUT2D eigenvalue weighted by Gasteiger charge is -2.07. The van der Waals surface area contributed by atoms with Gasteiger partial charge in [0.2, 0.25) is 5.91 Å². The van der Waals surface area contributed by atoms with Gasteiger partial charge in [-0.1, -0.05) is 24.3 Å². The van der Waals surface area contributed by atoms with Crippen LogP contribution in [0.5, 0.6) is 5.75 Å². The number of nitrogens with one attached hydrogen (secondary N) is 1. The van der Waals surface area contributed by atoms with Crippen LogP contribution in [0.25, 0.3) is 11.7 Å². The van der Waals surface area contributed by atoms with Gasteiger partial charge in [0.25, 0.3) is 0 Å². The first kappa shape index (κ1) is 20.9. The number of carbonyl (C=O) groups is 2. The largest absolute Gasteiger partial charge is 0.487 e. The van der Waals surface area contributed by atoms with Gasteiger partial charge >= 0.3 is 5.97 Å². The fraction of sp³-hybridized carbons (Fsp3) is 0.0800. The summed E-state index contributed by atoms with van der Waals surface area (Å²) in [6, 6.07) is 19.8. The molecule has 2 aromatic carbocycles. The second-order valence-electron chi connectivity index (χ2n) is 6.95. The van der Waals surface area contributed by atoms with Crippen LogP contribution in [0.4, 0.5) is 5.69 Å². The first-order valence-electron chi connectivity index (χ1n) is 9.93. The number of amides is 1. The summed E-state index contributed by atoms with van der Waals surface area (Å²) in [6.45, 7) is 0.320. The number of rotatable bonds is 7. The molecule has 1 amide bonds. The quantitative estimate of drug-likeness (QED) is 0.350. The average molecular weight is 427 g/mol. The summed E-state index contributed by atoms with van der Waals surface area (Å²) in [5.41, 5.74) is 3.53. The predicted octanol–water partition coefficient (Wildman–Crippen LogP) is 4.35. The topological polar surface area (TPSA) is 81.9 Å². The first-order valence-corrected chi connectivity index (χ1v) is 9.93. The Balaban J connectivity index is 1.34. The van der Waals surface area contributed by atoms with Gasteiger partial charge in [-0.3, -0.25) is 4.79 Å². The average Bonchev–Trinajstić information content (AvgIpc) is 3.25. The lowest BCUT2D eigenvalue weighted by molar-refractivity contribution is -0.111. The van der Waals surface area contributed by atoms with Crippen LogP contribution < -0.4 is 10.1 Å². The Morgan fingerprint density at radius 2 is 1.91 bits per heavy atom. The second kappa shape index (κ2) is 9.61. The Bertz CT molecular complexity index is 1240. The molecule has 4 rings (SSSR count). The molecule has 32 heavy (non-hydrogen) atoms. The van der Waals surface area contributed by atoms with Crippen LogP contribution in [0.15, 0.2) is 85.2 Å². The molecule has 7 heteroatoms. The third kappa shape index (κ3) is 5.20. The Hall–Kier alpha value is -4.39. The zero-order chi connectivity index (χ0) is 22.3. The lowest BCUT2D eigenvalue weighted by Crippen LogP contribution is -2.07. The monoisotopic (exact) mass is 427 g/mol. The molecule has 0 saturated heterocycles. The van der Waals surface area contributed by atoms with E-state index in [0.717, 1.165) is 16.9 Å². The Morgan fingerprint density at radius 3 is 2.69 bits per heavy atom. The maximum atomic E-state index is 12.3. The minimum atomic E-state index is -0.401. The van der Waals surface area contributed by atoms with Crippen LogP contribution in [0.2, 0.25) is 0 Å². The van der Waals surface area contributed by atoms with Crippen molar-refractivity contribution in [3.8, 4) is 5.75 Å². The number of anilines is 1. The van der Waals surface area contributed by atoms with Crippen molar-refractivity contribution in [1.29, 1.82) is 0 Å². The van der Waals surface area contributed by atoms with E-state index in [1.165, 1.54) is 13.2 Å². The second-order valence-corrected chi connectivity index (χ2v) is 6.95. The number of ether oxygens (including phenoxy) is 2. The molecule has 0 radical (unpaired) electrons. The molecule has 0 spiro atoms. The Labute approximate surface area is 184 Å². The van der Waals surface area contributed by atoms with Crippen LogP contribution >= 0.6 is 0 Å². The van der Waals surface area contributed by atoms with Gasteiger partial charge in [-0.15, -0.1) is 0 Å². The van der Waals surface area contributed by atoms with Crippen molar-refractivity contribution in [2.45, 2.75) is 6.61 Å². The van der Waals surface area contributed by atoms with Gasteiger partial charge in [-0.25, -0.2) is 9.78 Å². The van der Waals surface area contributed by atoms with Crippen LogP contribution in [-0.4, -0.2) is 28.4 Å². The van der Waals surface area contributed by atoms with E-state index >= 15 is 0 Å². The highest BCUT2D eigenvalue weighted by molar-refractivity contribution is 6.02. The van der Waals surface area contributed by atoms with Crippen molar-refractivity contribution in [2.24, 2.45) is 0 Å². The summed E-state index contributed by atoms with van der Waals surface area (Å²) < 4.78 is 12.4. The van der Waals surface area contributed by atoms with E-state index < -0.39 is 5.97 Å². The predicted molar refractivity (Wildman–Crippen MR) is 121 cm³/mol. The Kier molecular flexibility index (Phi) is 6.27. The van der Waals surface area contributed by atoms with E-state index in [2.05, 4.69) is 15.0 Å². The lowest BCUT2D eigenvalue weighted by atomic mass is 10.1. The number of methoxy groups -OCH3 is 1. The molecule has 4 aromatic rings. The van der Waals surface area contributed by atoms with Crippen LogP contribution in [0.3, 0.4) is 0 Å². The zero-order valence-corrected chi connectivity index (χ0v) is 17.4. The number of hydrogen-bond donors (Lipinski definition) is 1. The summed E-state index contributed by atoms with van der Waals surface area (Å²) >= 11 is 0. The highest BCUT2D eigenvalue weighted by Crippen LogP contribution is 2.19. The normalized spacial score (nSPS) is 10.9. The standard InChI is InChI=1S/C25H21N3O4/c1-31-25(30)19-11-8-18(9-12-19)10-13-24(29)27-20-5-4-6-22(15-20)32-17-21-16-28-14-3-2-7-23(28)26-21/h2-16H,17H2,1H3,(H,27,29). The third-order valence-electron chi connectivity index (χ3n) is 4.66. The Morgan fingerprint density at radius 1 is 1.06 bits per heavy atom. The minimum Gasteiger partial charge on any atom is -0.487 e. The molecule has 0 aliphatic carbocycles. The van der Waals surface area contributed by atoms with Crippen molar-refractivity contribution < 1.29 is 19.1 Å². The smallest absolute Gasteiger partial charge is 0.337 e. The highest BCUT2D eigenvalue weighted by atomic mass is 16.5. The number of hydrogen-bond acceptors (Lipinski definition) is 5. The van der Waals surface area contributed by atoms with Crippen molar-refractivity contribution in [2.75, 3.05) is 12.4 Å². The van der Waals surface area contributed by atoms with Gasteiger partial charge in [0.1, 0.15) is 18.0 Å². The van der Waals surface area contributed by atoms with Crippen LogP contribution in [0, 0.1) is 0 Å². The highest BCUT2D eigenvalue weighted by Gasteiger charge is 2.05. The molecule has 2 aromatic heterocycles. The summed E-state index contributed by atoms with van der Waals surface area (Å²) in [7, 11) is 1.33. The molecule has 0 atom stereocenters. The molecule has 0 aliphatic rings. The number of pyridine rings is 1. The van der Waals surface area contributed by atoms with Gasteiger partial charge in [-0.2, -0.15) is 0 Å². The summed E-state index contributed by atoms with van der Waals surface area (Å²) in [5.74, 6) is -0.0525. The number of fused-ring (bicyclic) bond motifs is 1. The van der Waals surface area contributed by atoms with Crippen molar-refractivity contribution >= 4 is 29.3 Å². The van der Waals surface area contributed by atoms with Gasteiger partial charge in [0, 0.05) is 30.2 Å². The van der Waals surface area contributed by atoms with Gasteiger partial charge < -0.3 is 19.2 Å². The van der Waals surface area contributed by atoms with Crippen molar-refractivity contribution in [3.05, 3.63) is 102 Å². The zero-order valence-electron chi connectivity index (χ0n) is 17.4.